The molecule has 3 nitrogen and oxygen atoms in total. The van der Waals surface area contributed by atoms with E-state index in [9.17, 15) is 4.55 Å². The number of hydrogen-bond acceptors (Lipinski definition) is 3. The molecule has 0 aliphatic heterocycles. The Morgan fingerprint density at radius 1 is 1.31 bits per heavy atom. The summed E-state index contributed by atoms with van der Waals surface area (Å²) in [6.45, 7) is 6.53. The highest BCUT2D eigenvalue weighted by molar-refractivity contribution is 7.90. The molecule has 1 aromatic carbocycles. The molecule has 16 heavy (non-hydrogen) atoms. The van der Waals surface area contributed by atoms with Crippen LogP contribution in [0.15, 0.2) is 24.3 Å². The van der Waals surface area contributed by atoms with Gasteiger partial charge in [-0.1, -0.05) is 18.2 Å². The Kier molecular flexibility index (Phi) is 4.65. The molecule has 0 radical (unpaired) electrons. The van der Waals surface area contributed by atoms with Crippen LogP contribution in [-0.4, -0.2) is 15.8 Å². The minimum atomic E-state index is -1.01. The van der Waals surface area contributed by atoms with E-state index in [0.29, 0.717) is 6.54 Å². The lowest BCUT2D eigenvalue weighted by Crippen LogP contribution is -2.40. The summed E-state index contributed by atoms with van der Waals surface area (Å²) >= 11 is -1.01. The average molecular weight is 240 g/mol. The molecule has 1 aromatic rings. The number of para-hydroxylation sites is 1. The Morgan fingerprint density at radius 3 is 2.50 bits per heavy atom. The van der Waals surface area contributed by atoms with Gasteiger partial charge in [0.15, 0.2) is 0 Å². The van der Waals surface area contributed by atoms with Crippen LogP contribution in [-0.2, 0) is 17.8 Å². The van der Waals surface area contributed by atoms with Gasteiger partial charge in [0.1, 0.15) is 4.75 Å². The first-order valence-electron chi connectivity index (χ1n) is 5.40. The second-order valence-electron chi connectivity index (χ2n) is 4.72. The largest absolute Gasteiger partial charge is 0.598 e. The minimum Gasteiger partial charge on any atom is -0.598 e. The molecule has 1 atom stereocenters. The summed E-state index contributed by atoms with van der Waals surface area (Å²) in [5.41, 5.74) is 7.71. The number of hydrogen-bond donors (Lipinski definition) is 2. The number of rotatable bonds is 4. The van der Waals surface area contributed by atoms with Gasteiger partial charge in [0.05, 0.1) is 0 Å². The van der Waals surface area contributed by atoms with Crippen molar-refractivity contribution in [1.82, 2.24) is 4.72 Å². The number of anilines is 1. The van der Waals surface area contributed by atoms with E-state index >= 15 is 0 Å². The van der Waals surface area contributed by atoms with E-state index in [2.05, 4.69) is 4.72 Å². The van der Waals surface area contributed by atoms with Crippen molar-refractivity contribution in [2.45, 2.75) is 31.9 Å². The molecular formula is C12H20N2OS. The predicted molar refractivity (Wildman–Crippen MR) is 70.5 cm³/mol. The van der Waals surface area contributed by atoms with Gasteiger partial charge in [0, 0.05) is 23.6 Å². The molecule has 0 spiro atoms. The molecule has 4 heteroatoms. The molecule has 0 saturated carbocycles. The van der Waals surface area contributed by atoms with E-state index in [4.69, 9.17) is 5.73 Å². The SMILES string of the molecule is CC(C)(C)[S@+]([O-])NCCc1ccccc1N. The van der Waals surface area contributed by atoms with Crippen LogP contribution in [0.1, 0.15) is 26.3 Å². The average Bonchev–Trinajstić information content (AvgIpc) is 2.19. The summed E-state index contributed by atoms with van der Waals surface area (Å²) in [5.74, 6) is 0. The zero-order chi connectivity index (χ0) is 12.2. The summed E-state index contributed by atoms with van der Waals surface area (Å²) < 4.78 is 14.5. The summed E-state index contributed by atoms with van der Waals surface area (Å²) in [6.07, 6.45) is 0.800. The lowest BCUT2D eigenvalue weighted by atomic mass is 10.1. The maximum absolute atomic E-state index is 11.7. The van der Waals surface area contributed by atoms with E-state index in [1.54, 1.807) is 0 Å². The topological polar surface area (TPSA) is 61.1 Å². The van der Waals surface area contributed by atoms with E-state index in [1.165, 1.54) is 0 Å². The summed E-state index contributed by atoms with van der Waals surface area (Å²) in [4.78, 5) is 0. The highest BCUT2D eigenvalue weighted by atomic mass is 32.2. The van der Waals surface area contributed by atoms with Crippen LogP contribution in [0.3, 0.4) is 0 Å². The van der Waals surface area contributed by atoms with Gasteiger partial charge in [-0.3, -0.25) is 0 Å². The molecule has 0 saturated heterocycles. The van der Waals surface area contributed by atoms with Crippen LogP contribution in [0.5, 0.6) is 0 Å². The van der Waals surface area contributed by atoms with Gasteiger partial charge in [-0.25, -0.2) is 0 Å². The molecule has 0 aliphatic carbocycles. The second-order valence-corrected chi connectivity index (χ2v) is 6.78. The molecule has 0 fully saturated rings. The lowest BCUT2D eigenvalue weighted by Gasteiger charge is -2.23. The van der Waals surface area contributed by atoms with E-state index in [0.717, 1.165) is 17.7 Å². The van der Waals surface area contributed by atoms with Gasteiger partial charge in [-0.2, -0.15) is 0 Å². The van der Waals surface area contributed by atoms with Crippen LogP contribution in [0.25, 0.3) is 0 Å². The molecule has 90 valence electrons. The predicted octanol–water partition coefficient (Wildman–Crippen LogP) is 1.86. The van der Waals surface area contributed by atoms with Crippen molar-refractivity contribution >= 4 is 17.0 Å². The molecule has 1 rings (SSSR count). The van der Waals surface area contributed by atoms with E-state index < -0.39 is 11.4 Å². The monoisotopic (exact) mass is 240 g/mol. The van der Waals surface area contributed by atoms with Gasteiger partial charge in [-0.15, -0.1) is 4.72 Å². The fourth-order valence-electron chi connectivity index (χ4n) is 1.26. The molecule has 0 unspecified atom stereocenters. The van der Waals surface area contributed by atoms with Gasteiger partial charge in [0.25, 0.3) is 0 Å². The Labute approximate surface area is 101 Å². The fourth-order valence-corrected chi connectivity index (χ4v) is 1.98. The molecule has 0 amide bonds. The van der Waals surface area contributed by atoms with Crippen LogP contribution in [0, 0.1) is 0 Å². The normalized spacial score (nSPS) is 13.8. The van der Waals surface area contributed by atoms with Crippen molar-refractivity contribution in [2.75, 3.05) is 12.3 Å². The molecule has 0 bridgehead atoms. The maximum atomic E-state index is 11.7. The third-order valence-corrected chi connectivity index (χ3v) is 3.82. The summed E-state index contributed by atoms with van der Waals surface area (Å²) in [5, 5.41) is 0. The quantitative estimate of drug-likeness (QED) is 0.624. The minimum absolute atomic E-state index is 0.220. The van der Waals surface area contributed by atoms with Crippen LogP contribution >= 0.6 is 0 Å². The zero-order valence-corrected chi connectivity index (χ0v) is 10.9. The molecular weight excluding hydrogens is 220 g/mol. The van der Waals surface area contributed by atoms with Gasteiger partial charge in [0.2, 0.25) is 0 Å². The standard InChI is InChI=1S/C12H20N2OS/c1-12(2,3)16(15)14-9-8-10-6-4-5-7-11(10)13/h4-7,14H,8-9,13H2,1-3H3/t16-/m0/s1. The fraction of sp³-hybridized carbons (Fsp3) is 0.500. The number of benzene rings is 1. The summed E-state index contributed by atoms with van der Waals surface area (Å²) in [7, 11) is 0. The lowest BCUT2D eigenvalue weighted by molar-refractivity contribution is 0.544. The third kappa shape index (κ3) is 4.04. The summed E-state index contributed by atoms with van der Waals surface area (Å²) in [6, 6.07) is 7.76. The van der Waals surface area contributed by atoms with Crippen molar-refractivity contribution in [1.29, 1.82) is 0 Å². The molecule has 3 N–H and O–H groups in total. The molecule has 0 heterocycles. The Bertz CT molecular complexity index is 336. The van der Waals surface area contributed by atoms with Crippen molar-refractivity contribution in [3.63, 3.8) is 0 Å². The first kappa shape index (κ1) is 13.4. The van der Waals surface area contributed by atoms with Crippen molar-refractivity contribution in [3.05, 3.63) is 29.8 Å². The van der Waals surface area contributed by atoms with Crippen molar-refractivity contribution in [2.24, 2.45) is 0 Å². The smallest absolute Gasteiger partial charge is 0.136 e. The molecule has 0 aromatic heterocycles. The second kappa shape index (κ2) is 5.57. The van der Waals surface area contributed by atoms with Crippen molar-refractivity contribution in [3.8, 4) is 0 Å². The maximum Gasteiger partial charge on any atom is 0.136 e. The first-order chi connectivity index (χ1) is 7.41. The van der Waals surface area contributed by atoms with E-state index in [1.807, 2.05) is 45.0 Å². The van der Waals surface area contributed by atoms with Crippen LogP contribution < -0.4 is 10.5 Å². The number of nitrogens with one attached hydrogen (secondary N) is 1. The number of nitrogen functional groups attached to an aromatic ring is 1. The van der Waals surface area contributed by atoms with E-state index in [-0.39, 0.29) is 4.75 Å². The van der Waals surface area contributed by atoms with Crippen molar-refractivity contribution < 1.29 is 4.55 Å². The highest BCUT2D eigenvalue weighted by Gasteiger charge is 2.25. The Morgan fingerprint density at radius 2 is 1.94 bits per heavy atom. The van der Waals surface area contributed by atoms with Gasteiger partial charge in [-0.05, 0) is 38.8 Å². The number of nitrogens with two attached hydrogens (primary N) is 1. The Balaban J connectivity index is 2.40. The van der Waals surface area contributed by atoms with Gasteiger partial charge < -0.3 is 10.3 Å². The van der Waals surface area contributed by atoms with Gasteiger partial charge >= 0.3 is 0 Å². The zero-order valence-electron chi connectivity index (χ0n) is 10.1. The third-order valence-electron chi connectivity index (χ3n) is 2.24. The van der Waals surface area contributed by atoms with Crippen LogP contribution in [0.4, 0.5) is 5.69 Å². The highest BCUT2D eigenvalue weighted by Crippen LogP contribution is 2.14. The Hall–Kier alpha value is -0.710. The molecule has 0 aliphatic rings. The first-order valence-corrected chi connectivity index (χ1v) is 6.55. The van der Waals surface area contributed by atoms with Crippen LogP contribution in [0.2, 0.25) is 0 Å².